The molecule has 1 saturated carbocycles. The van der Waals surface area contributed by atoms with Gasteiger partial charge in [0.15, 0.2) is 0 Å². The Morgan fingerprint density at radius 3 is 2.40 bits per heavy atom. The van der Waals surface area contributed by atoms with Gasteiger partial charge in [-0.2, -0.15) is 0 Å². The lowest BCUT2D eigenvalue weighted by Gasteiger charge is -1.97. The maximum atomic E-state index is 9.21. The monoisotopic (exact) mass is 216 g/mol. The van der Waals surface area contributed by atoms with E-state index in [4.69, 9.17) is 0 Å². The zero-order valence-corrected chi connectivity index (χ0v) is 9.13. The maximum absolute atomic E-state index is 9.21. The van der Waals surface area contributed by atoms with Crippen LogP contribution in [0.4, 0.5) is 0 Å². The molecule has 2 aromatic rings. The highest BCUT2D eigenvalue weighted by Gasteiger charge is 2.24. The van der Waals surface area contributed by atoms with Gasteiger partial charge < -0.3 is 5.11 Å². The number of phenolic OH excluding ortho intramolecular Hbond substituents is 1. The van der Waals surface area contributed by atoms with Crippen LogP contribution in [0.5, 0.6) is 5.75 Å². The first-order valence-electron chi connectivity index (χ1n) is 5.22. The first kappa shape index (κ1) is 8.98. The molecule has 1 N–H and O–H groups in total. The summed E-state index contributed by atoms with van der Waals surface area (Å²) in [6.45, 7) is 0. The van der Waals surface area contributed by atoms with Crippen LogP contribution in [0.25, 0.3) is 10.4 Å². The molecule has 1 aromatic carbocycles. The largest absolute Gasteiger partial charge is 0.508 e. The van der Waals surface area contributed by atoms with Gasteiger partial charge in [0.1, 0.15) is 5.75 Å². The third kappa shape index (κ3) is 1.77. The number of aromatic hydroxyl groups is 1. The van der Waals surface area contributed by atoms with Crippen molar-refractivity contribution in [2.45, 2.75) is 18.8 Å². The summed E-state index contributed by atoms with van der Waals surface area (Å²) in [4.78, 5) is 2.81. The van der Waals surface area contributed by atoms with Crippen LogP contribution in [-0.2, 0) is 0 Å². The molecule has 0 spiro atoms. The highest BCUT2D eigenvalue weighted by molar-refractivity contribution is 7.15. The molecular formula is C13H12OS. The predicted molar refractivity (Wildman–Crippen MR) is 63.4 cm³/mol. The highest BCUT2D eigenvalue weighted by Crippen LogP contribution is 2.45. The summed E-state index contributed by atoms with van der Waals surface area (Å²) in [5, 5.41) is 9.21. The van der Waals surface area contributed by atoms with E-state index in [0.717, 1.165) is 5.92 Å². The molecule has 15 heavy (non-hydrogen) atoms. The molecule has 0 saturated heterocycles. The minimum absolute atomic E-state index is 0.331. The van der Waals surface area contributed by atoms with Crippen LogP contribution in [0.3, 0.4) is 0 Å². The first-order valence-corrected chi connectivity index (χ1v) is 6.04. The summed E-state index contributed by atoms with van der Waals surface area (Å²) in [5.41, 5.74) is 1.20. The van der Waals surface area contributed by atoms with E-state index >= 15 is 0 Å². The van der Waals surface area contributed by atoms with E-state index in [1.807, 2.05) is 23.5 Å². The van der Waals surface area contributed by atoms with Crippen LogP contribution in [0, 0.1) is 0 Å². The van der Waals surface area contributed by atoms with Crippen molar-refractivity contribution in [3.63, 3.8) is 0 Å². The van der Waals surface area contributed by atoms with Crippen molar-refractivity contribution in [1.82, 2.24) is 0 Å². The van der Waals surface area contributed by atoms with Gasteiger partial charge in [-0.3, -0.25) is 0 Å². The number of rotatable bonds is 2. The molecule has 0 radical (unpaired) electrons. The van der Waals surface area contributed by atoms with Crippen LogP contribution in [-0.4, -0.2) is 5.11 Å². The van der Waals surface area contributed by atoms with Crippen molar-refractivity contribution in [1.29, 1.82) is 0 Å². The van der Waals surface area contributed by atoms with E-state index in [1.165, 1.54) is 28.2 Å². The Morgan fingerprint density at radius 2 is 1.73 bits per heavy atom. The molecule has 0 aliphatic heterocycles. The molecule has 1 heterocycles. The Bertz CT molecular complexity index is 466. The van der Waals surface area contributed by atoms with Crippen molar-refractivity contribution in [2.75, 3.05) is 0 Å². The molecule has 1 nitrogen and oxygen atoms in total. The van der Waals surface area contributed by atoms with Gasteiger partial charge in [-0.05, 0) is 60.7 Å². The molecule has 1 aliphatic carbocycles. The third-order valence-corrected chi connectivity index (χ3v) is 4.06. The smallest absolute Gasteiger partial charge is 0.115 e. The number of hydrogen-bond donors (Lipinski definition) is 1. The van der Waals surface area contributed by atoms with Crippen molar-refractivity contribution in [3.05, 3.63) is 41.3 Å². The van der Waals surface area contributed by atoms with Crippen LogP contribution >= 0.6 is 11.3 Å². The van der Waals surface area contributed by atoms with E-state index in [2.05, 4.69) is 12.1 Å². The van der Waals surface area contributed by atoms with E-state index in [-0.39, 0.29) is 0 Å². The Morgan fingerprint density at radius 1 is 1.00 bits per heavy atom. The Hall–Kier alpha value is -1.28. The van der Waals surface area contributed by atoms with Crippen LogP contribution in [0.15, 0.2) is 36.4 Å². The standard InChI is InChI=1S/C13H12OS/c14-11-5-3-10(4-6-11)13-8-7-12(15-13)9-1-2-9/h3-9,14H,1-2H2. The molecular weight excluding hydrogens is 204 g/mol. The molecule has 1 aliphatic rings. The molecule has 3 rings (SSSR count). The quantitative estimate of drug-likeness (QED) is 0.804. The van der Waals surface area contributed by atoms with Gasteiger partial charge in [-0.1, -0.05) is 0 Å². The van der Waals surface area contributed by atoms with Crippen molar-refractivity contribution < 1.29 is 5.11 Å². The summed E-state index contributed by atoms with van der Waals surface area (Å²) in [6.07, 6.45) is 2.71. The minimum Gasteiger partial charge on any atom is -0.508 e. The van der Waals surface area contributed by atoms with Gasteiger partial charge in [0.25, 0.3) is 0 Å². The average Bonchev–Trinajstić information content (AvgIpc) is 2.99. The van der Waals surface area contributed by atoms with Crippen LogP contribution < -0.4 is 0 Å². The van der Waals surface area contributed by atoms with E-state index < -0.39 is 0 Å². The molecule has 2 heteroatoms. The second-order valence-electron chi connectivity index (χ2n) is 4.02. The molecule has 1 fully saturated rings. The van der Waals surface area contributed by atoms with Crippen molar-refractivity contribution >= 4 is 11.3 Å². The fraction of sp³-hybridized carbons (Fsp3) is 0.231. The lowest BCUT2D eigenvalue weighted by atomic mass is 10.2. The summed E-state index contributed by atoms with van der Waals surface area (Å²) >= 11 is 1.88. The lowest BCUT2D eigenvalue weighted by Crippen LogP contribution is -1.70. The summed E-state index contributed by atoms with van der Waals surface area (Å²) < 4.78 is 0. The normalized spacial score (nSPS) is 15.5. The highest BCUT2D eigenvalue weighted by atomic mass is 32.1. The Kier molecular flexibility index (Phi) is 2.03. The summed E-state index contributed by atoms with van der Waals surface area (Å²) in [5.74, 6) is 1.17. The van der Waals surface area contributed by atoms with Crippen molar-refractivity contribution in [3.8, 4) is 16.2 Å². The van der Waals surface area contributed by atoms with Gasteiger partial charge in [-0.15, -0.1) is 11.3 Å². The van der Waals surface area contributed by atoms with E-state index in [0.29, 0.717) is 5.75 Å². The second-order valence-corrected chi connectivity index (χ2v) is 5.14. The molecule has 0 unspecified atom stereocenters. The van der Waals surface area contributed by atoms with Gasteiger partial charge in [-0.25, -0.2) is 0 Å². The Labute approximate surface area is 93.0 Å². The third-order valence-electron chi connectivity index (χ3n) is 2.76. The number of benzene rings is 1. The molecule has 0 amide bonds. The number of thiophene rings is 1. The topological polar surface area (TPSA) is 20.2 Å². The fourth-order valence-electron chi connectivity index (χ4n) is 1.72. The molecule has 0 atom stereocenters. The second kappa shape index (κ2) is 3.38. The zero-order chi connectivity index (χ0) is 10.3. The van der Waals surface area contributed by atoms with E-state index in [1.54, 1.807) is 12.1 Å². The zero-order valence-electron chi connectivity index (χ0n) is 8.31. The van der Waals surface area contributed by atoms with E-state index in [9.17, 15) is 5.11 Å². The van der Waals surface area contributed by atoms with Crippen LogP contribution in [0.2, 0.25) is 0 Å². The van der Waals surface area contributed by atoms with Gasteiger partial charge in [0.2, 0.25) is 0 Å². The number of phenols is 1. The van der Waals surface area contributed by atoms with Crippen molar-refractivity contribution in [2.24, 2.45) is 0 Å². The van der Waals surface area contributed by atoms with Gasteiger partial charge in [0, 0.05) is 9.75 Å². The van der Waals surface area contributed by atoms with Crippen LogP contribution in [0.1, 0.15) is 23.6 Å². The Balaban J connectivity index is 1.93. The summed E-state index contributed by atoms with van der Waals surface area (Å²) in [6, 6.07) is 11.8. The minimum atomic E-state index is 0.331. The maximum Gasteiger partial charge on any atom is 0.115 e. The lowest BCUT2D eigenvalue weighted by molar-refractivity contribution is 0.475. The fourth-order valence-corrected chi connectivity index (χ4v) is 2.90. The average molecular weight is 216 g/mol. The number of hydrogen-bond acceptors (Lipinski definition) is 2. The van der Waals surface area contributed by atoms with Gasteiger partial charge >= 0.3 is 0 Å². The summed E-state index contributed by atoms with van der Waals surface area (Å²) in [7, 11) is 0. The van der Waals surface area contributed by atoms with Gasteiger partial charge in [0.05, 0.1) is 0 Å². The SMILES string of the molecule is Oc1ccc(-c2ccc(C3CC3)s2)cc1. The molecule has 0 bridgehead atoms. The molecule has 76 valence electrons. The first-order chi connectivity index (χ1) is 7.33. The predicted octanol–water partition coefficient (Wildman–Crippen LogP) is 4.00. The molecule has 1 aromatic heterocycles.